The van der Waals surface area contributed by atoms with Gasteiger partial charge in [-0.2, -0.15) is 5.26 Å². The maximum absolute atomic E-state index is 12.6. The van der Waals surface area contributed by atoms with Crippen molar-refractivity contribution in [3.63, 3.8) is 0 Å². The van der Waals surface area contributed by atoms with Crippen molar-refractivity contribution in [2.75, 3.05) is 6.54 Å². The van der Waals surface area contributed by atoms with Crippen molar-refractivity contribution in [3.05, 3.63) is 42.0 Å². The van der Waals surface area contributed by atoms with Crippen LogP contribution in [-0.2, 0) is 0 Å². The molecule has 1 heterocycles. The van der Waals surface area contributed by atoms with Gasteiger partial charge in [0.1, 0.15) is 11.8 Å². The number of nitrogens with zero attached hydrogens (tertiary/aromatic N) is 2. The van der Waals surface area contributed by atoms with Gasteiger partial charge in [-0.15, -0.1) is 0 Å². The van der Waals surface area contributed by atoms with Crippen molar-refractivity contribution in [2.45, 2.75) is 25.3 Å². The molecule has 4 heteroatoms. The largest absolute Gasteiger partial charge is 0.506 e. The van der Waals surface area contributed by atoms with Gasteiger partial charge in [0.15, 0.2) is 0 Å². The SMILES string of the molecule is N#CC1CCCCN1C(=O)c1ccc2ccccc2c1O. The van der Waals surface area contributed by atoms with E-state index in [0.717, 1.165) is 18.2 Å². The first-order valence-corrected chi connectivity index (χ1v) is 7.13. The summed E-state index contributed by atoms with van der Waals surface area (Å²) in [6, 6.07) is 12.7. The summed E-state index contributed by atoms with van der Waals surface area (Å²) in [7, 11) is 0. The predicted octanol–water partition coefficient (Wildman–Crippen LogP) is 3.06. The number of carbonyl (C=O) groups excluding carboxylic acids is 1. The van der Waals surface area contributed by atoms with E-state index in [2.05, 4.69) is 6.07 Å². The number of benzene rings is 2. The summed E-state index contributed by atoms with van der Waals surface area (Å²) in [5.41, 5.74) is 0.274. The van der Waals surface area contributed by atoms with Crippen LogP contribution in [0.4, 0.5) is 0 Å². The van der Waals surface area contributed by atoms with Crippen LogP contribution in [0, 0.1) is 11.3 Å². The van der Waals surface area contributed by atoms with Gasteiger partial charge < -0.3 is 10.0 Å². The third kappa shape index (κ3) is 2.31. The molecule has 2 aromatic carbocycles. The van der Waals surface area contributed by atoms with Gasteiger partial charge in [-0.1, -0.05) is 30.3 Å². The number of hydrogen-bond acceptors (Lipinski definition) is 3. The number of hydrogen-bond donors (Lipinski definition) is 1. The Morgan fingerprint density at radius 3 is 2.86 bits per heavy atom. The van der Waals surface area contributed by atoms with Crippen molar-refractivity contribution in [1.29, 1.82) is 5.26 Å². The molecule has 0 aliphatic carbocycles. The van der Waals surface area contributed by atoms with Gasteiger partial charge >= 0.3 is 0 Å². The zero-order valence-corrected chi connectivity index (χ0v) is 11.6. The molecule has 1 amide bonds. The smallest absolute Gasteiger partial charge is 0.258 e. The fourth-order valence-corrected chi connectivity index (χ4v) is 2.89. The summed E-state index contributed by atoms with van der Waals surface area (Å²) in [4.78, 5) is 14.2. The third-order valence-corrected chi connectivity index (χ3v) is 4.04. The molecule has 3 rings (SSSR count). The van der Waals surface area contributed by atoms with Crippen LogP contribution < -0.4 is 0 Å². The standard InChI is InChI=1S/C17H16N2O2/c18-11-13-6-3-4-10-19(13)17(21)15-9-8-12-5-1-2-7-14(12)16(15)20/h1-2,5,7-9,13,20H,3-4,6,10H2. The molecule has 0 spiro atoms. The number of amides is 1. The molecule has 1 aliphatic heterocycles. The van der Waals surface area contributed by atoms with Crippen LogP contribution in [0.2, 0.25) is 0 Å². The van der Waals surface area contributed by atoms with E-state index in [1.54, 1.807) is 17.0 Å². The van der Waals surface area contributed by atoms with E-state index in [1.807, 2.05) is 24.3 Å². The van der Waals surface area contributed by atoms with Crippen LogP contribution in [0.3, 0.4) is 0 Å². The van der Waals surface area contributed by atoms with Crippen molar-refractivity contribution in [1.82, 2.24) is 4.90 Å². The van der Waals surface area contributed by atoms with Gasteiger partial charge in [0.25, 0.3) is 5.91 Å². The van der Waals surface area contributed by atoms with E-state index < -0.39 is 6.04 Å². The highest BCUT2D eigenvalue weighted by Crippen LogP contribution is 2.30. The average molecular weight is 280 g/mol. The Morgan fingerprint density at radius 2 is 2.05 bits per heavy atom. The van der Waals surface area contributed by atoms with Crippen LogP contribution in [0.25, 0.3) is 10.8 Å². The van der Waals surface area contributed by atoms with E-state index in [4.69, 9.17) is 0 Å². The van der Waals surface area contributed by atoms with E-state index in [-0.39, 0.29) is 17.2 Å². The minimum absolute atomic E-state index is 0.000336. The normalized spacial score (nSPS) is 18.4. The first-order chi connectivity index (χ1) is 10.2. The molecule has 4 nitrogen and oxygen atoms in total. The Labute approximate surface area is 123 Å². The lowest BCUT2D eigenvalue weighted by molar-refractivity contribution is 0.0668. The number of carbonyl (C=O) groups is 1. The second kappa shape index (κ2) is 5.45. The molecule has 21 heavy (non-hydrogen) atoms. The zero-order chi connectivity index (χ0) is 14.8. The van der Waals surface area contributed by atoms with E-state index in [9.17, 15) is 15.2 Å². The van der Waals surface area contributed by atoms with Crippen LogP contribution in [0.5, 0.6) is 5.75 Å². The summed E-state index contributed by atoms with van der Waals surface area (Å²) in [6.07, 6.45) is 2.57. The lowest BCUT2D eigenvalue weighted by atomic mass is 10.00. The molecule has 1 fully saturated rings. The average Bonchev–Trinajstić information content (AvgIpc) is 2.55. The molecule has 1 N–H and O–H groups in total. The highest BCUT2D eigenvalue weighted by atomic mass is 16.3. The first kappa shape index (κ1) is 13.4. The Hall–Kier alpha value is -2.54. The molecule has 106 valence electrons. The van der Waals surface area contributed by atoms with Crippen LogP contribution >= 0.6 is 0 Å². The Morgan fingerprint density at radius 1 is 1.24 bits per heavy atom. The number of aromatic hydroxyl groups is 1. The lowest BCUT2D eigenvalue weighted by Gasteiger charge is -2.31. The predicted molar refractivity (Wildman–Crippen MR) is 79.9 cm³/mol. The van der Waals surface area contributed by atoms with Gasteiger partial charge in [0, 0.05) is 11.9 Å². The molecule has 0 saturated carbocycles. The number of fused-ring (bicyclic) bond motifs is 1. The van der Waals surface area contributed by atoms with E-state index in [0.29, 0.717) is 18.4 Å². The molecule has 0 aromatic heterocycles. The highest BCUT2D eigenvalue weighted by Gasteiger charge is 2.29. The molecule has 1 aliphatic rings. The summed E-state index contributed by atoms with van der Waals surface area (Å²) < 4.78 is 0. The zero-order valence-electron chi connectivity index (χ0n) is 11.6. The second-order valence-electron chi connectivity index (χ2n) is 5.32. The summed E-state index contributed by atoms with van der Waals surface area (Å²) in [6.45, 7) is 0.573. The van der Waals surface area contributed by atoms with Gasteiger partial charge in [-0.05, 0) is 30.7 Å². The molecule has 0 radical (unpaired) electrons. The lowest BCUT2D eigenvalue weighted by Crippen LogP contribution is -2.42. The number of nitriles is 1. The summed E-state index contributed by atoms with van der Waals surface area (Å²) in [5, 5.41) is 21.1. The van der Waals surface area contributed by atoms with Gasteiger partial charge in [0.2, 0.25) is 0 Å². The molecular weight excluding hydrogens is 264 g/mol. The summed E-state index contributed by atoms with van der Waals surface area (Å²) in [5.74, 6) is -0.259. The molecular formula is C17H16N2O2. The Kier molecular flexibility index (Phi) is 3.49. The number of likely N-dealkylation sites (tertiary alicyclic amines) is 1. The van der Waals surface area contributed by atoms with Crippen molar-refractivity contribution in [2.24, 2.45) is 0 Å². The van der Waals surface area contributed by atoms with Crippen LogP contribution in [0.15, 0.2) is 36.4 Å². The van der Waals surface area contributed by atoms with Crippen molar-refractivity contribution >= 4 is 16.7 Å². The van der Waals surface area contributed by atoms with Gasteiger partial charge in [-0.25, -0.2) is 0 Å². The van der Waals surface area contributed by atoms with Crippen LogP contribution in [0.1, 0.15) is 29.6 Å². The van der Waals surface area contributed by atoms with Crippen LogP contribution in [-0.4, -0.2) is 28.5 Å². The first-order valence-electron chi connectivity index (χ1n) is 7.13. The van der Waals surface area contributed by atoms with Crippen molar-refractivity contribution < 1.29 is 9.90 Å². The monoisotopic (exact) mass is 280 g/mol. The minimum Gasteiger partial charge on any atom is -0.506 e. The van der Waals surface area contributed by atoms with Gasteiger partial charge in [0.05, 0.1) is 11.6 Å². The molecule has 0 bridgehead atoms. The molecule has 1 unspecified atom stereocenters. The molecule has 1 atom stereocenters. The summed E-state index contributed by atoms with van der Waals surface area (Å²) >= 11 is 0. The number of piperidine rings is 1. The molecule has 2 aromatic rings. The topological polar surface area (TPSA) is 64.3 Å². The maximum atomic E-state index is 12.6. The van der Waals surface area contributed by atoms with Crippen molar-refractivity contribution in [3.8, 4) is 11.8 Å². The van der Waals surface area contributed by atoms with Gasteiger partial charge in [-0.3, -0.25) is 4.79 Å². The van der Waals surface area contributed by atoms with E-state index >= 15 is 0 Å². The Bertz CT molecular complexity index is 733. The maximum Gasteiger partial charge on any atom is 0.258 e. The highest BCUT2D eigenvalue weighted by molar-refractivity contribution is 6.03. The Balaban J connectivity index is 2.02. The molecule has 1 saturated heterocycles. The number of phenols is 1. The second-order valence-corrected chi connectivity index (χ2v) is 5.32. The van der Waals surface area contributed by atoms with E-state index in [1.165, 1.54) is 0 Å². The quantitative estimate of drug-likeness (QED) is 0.873. The fraction of sp³-hybridized carbons (Fsp3) is 0.294. The number of phenolic OH excluding ortho intramolecular Hbond substituents is 1. The third-order valence-electron chi connectivity index (χ3n) is 4.04. The minimum atomic E-state index is -0.392. The number of rotatable bonds is 1. The fourth-order valence-electron chi connectivity index (χ4n) is 2.89.